The molecule has 1 aliphatic rings. The molecule has 0 aromatic carbocycles. The van der Waals surface area contributed by atoms with Crippen LogP contribution in [0.5, 0.6) is 0 Å². The molecule has 0 bridgehead atoms. The van der Waals surface area contributed by atoms with Crippen LogP contribution < -0.4 is 0 Å². The summed E-state index contributed by atoms with van der Waals surface area (Å²) in [7, 11) is 1.36. The van der Waals surface area contributed by atoms with Crippen molar-refractivity contribution in [3.05, 3.63) is 24.0 Å². The zero-order chi connectivity index (χ0) is 8.10. The zero-order valence-corrected chi connectivity index (χ0v) is 6.37. The second-order valence-corrected chi connectivity index (χ2v) is 2.13. The molecular weight excluding hydrogens is 144 g/mol. The molecule has 0 aliphatic carbocycles. The van der Waals surface area contributed by atoms with Gasteiger partial charge >= 0.3 is 5.97 Å². The van der Waals surface area contributed by atoms with E-state index in [-0.39, 0.29) is 12.4 Å². The van der Waals surface area contributed by atoms with Gasteiger partial charge in [-0.05, 0) is 12.2 Å². The molecule has 1 heterocycles. The van der Waals surface area contributed by atoms with Crippen molar-refractivity contribution in [3.63, 3.8) is 0 Å². The number of esters is 1. The van der Waals surface area contributed by atoms with Gasteiger partial charge in [0.05, 0.1) is 7.11 Å². The molecule has 11 heavy (non-hydrogen) atoms. The molecule has 60 valence electrons. The van der Waals surface area contributed by atoms with E-state index in [0.717, 1.165) is 0 Å². The third-order valence-corrected chi connectivity index (χ3v) is 1.33. The van der Waals surface area contributed by atoms with Crippen molar-refractivity contribution in [2.75, 3.05) is 13.7 Å². The van der Waals surface area contributed by atoms with Gasteiger partial charge in [0.2, 0.25) is 0 Å². The molecule has 0 N–H and O–H groups in total. The van der Waals surface area contributed by atoms with Crippen LogP contribution in [0.25, 0.3) is 0 Å². The largest absolute Gasteiger partial charge is 0.493 e. The Morgan fingerprint density at radius 1 is 1.82 bits per heavy atom. The van der Waals surface area contributed by atoms with E-state index in [1.165, 1.54) is 7.11 Å². The van der Waals surface area contributed by atoms with Crippen LogP contribution in [0.4, 0.5) is 0 Å². The van der Waals surface area contributed by atoms with Crippen LogP contribution in [-0.4, -0.2) is 19.7 Å². The summed E-state index contributed by atoms with van der Waals surface area (Å²) in [5.74, 6) is 0.394. The number of carbonyl (C=O) groups is 1. The van der Waals surface area contributed by atoms with Gasteiger partial charge in [-0.25, -0.2) is 0 Å². The molecule has 0 radical (unpaired) electrons. The molecule has 1 aliphatic heterocycles. The van der Waals surface area contributed by atoms with Gasteiger partial charge < -0.3 is 9.47 Å². The molecule has 0 saturated carbocycles. The summed E-state index contributed by atoms with van der Waals surface area (Å²) in [5.41, 5.74) is 0. The van der Waals surface area contributed by atoms with Crippen LogP contribution in [0.3, 0.4) is 0 Å². The van der Waals surface area contributed by atoms with Crippen LogP contribution >= 0.6 is 0 Å². The minimum absolute atomic E-state index is 0.223. The van der Waals surface area contributed by atoms with Crippen molar-refractivity contribution < 1.29 is 14.3 Å². The lowest BCUT2D eigenvalue weighted by atomic mass is 10.3. The fraction of sp³-hybridized carbons (Fsp3) is 0.375. The summed E-state index contributed by atoms with van der Waals surface area (Å²) in [6.07, 6.45) is 5.73. The molecule has 1 rings (SSSR count). The molecule has 0 fully saturated rings. The summed E-state index contributed by atoms with van der Waals surface area (Å²) in [6, 6.07) is 0. The molecule has 0 amide bonds. The highest BCUT2D eigenvalue weighted by Gasteiger charge is 2.06. The van der Waals surface area contributed by atoms with Gasteiger partial charge in [0.15, 0.2) is 0 Å². The average molecular weight is 154 g/mol. The Labute approximate surface area is 65.3 Å². The van der Waals surface area contributed by atoms with E-state index in [1.54, 1.807) is 6.08 Å². The van der Waals surface area contributed by atoms with Crippen LogP contribution in [0.15, 0.2) is 24.0 Å². The first-order valence-corrected chi connectivity index (χ1v) is 3.38. The van der Waals surface area contributed by atoms with E-state index >= 15 is 0 Å². The Balaban J connectivity index is 2.42. The zero-order valence-electron chi connectivity index (χ0n) is 6.37. The van der Waals surface area contributed by atoms with Gasteiger partial charge in [-0.2, -0.15) is 0 Å². The summed E-state index contributed by atoms with van der Waals surface area (Å²) in [5, 5.41) is 0. The van der Waals surface area contributed by atoms with Crippen LogP contribution in [0, 0.1) is 0 Å². The molecule has 0 aromatic rings. The Morgan fingerprint density at radius 2 is 2.64 bits per heavy atom. The quantitative estimate of drug-likeness (QED) is 0.557. The van der Waals surface area contributed by atoms with E-state index in [0.29, 0.717) is 12.4 Å². The minimum atomic E-state index is -0.272. The summed E-state index contributed by atoms with van der Waals surface area (Å²) >= 11 is 0. The fourth-order valence-electron chi connectivity index (χ4n) is 0.759. The first-order valence-electron chi connectivity index (χ1n) is 3.38. The summed E-state index contributed by atoms with van der Waals surface area (Å²) < 4.78 is 9.59. The minimum Gasteiger partial charge on any atom is -0.493 e. The molecular formula is C8H10O3. The van der Waals surface area contributed by atoms with Crippen molar-refractivity contribution in [1.82, 2.24) is 0 Å². The van der Waals surface area contributed by atoms with Crippen molar-refractivity contribution in [1.29, 1.82) is 0 Å². The highest BCUT2D eigenvalue weighted by molar-refractivity contribution is 5.71. The van der Waals surface area contributed by atoms with E-state index in [1.807, 2.05) is 12.2 Å². The maximum absolute atomic E-state index is 10.7. The fourth-order valence-corrected chi connectivity index (χ4v) is 0.759. The number of methoxy groups -OCH3 is 1. The molecule has 0 unspecified atom stereocenters. The van der Waals surface area contributed by atoms with Crippen LogP contribution in [0.1, 0.15) is 6.42 Å². The predicted octanol–water partition coefficient (Wildman–Crippen LogP) is 1.02. The smallest absolute Gasteiger partial charge is 0.313 e. The second-order valence-electron chi connectivity index (χ2n) is 2.13. The van der Waals surface area contributed by atoms with E-state index in [2.05, 4.69) is 4.74 Å². The Bertz CT molecular complexity index is 203. The topological polar surface area (TPSA) is 35.5 Å². The third-order valence-electron chi connectivity index (χ3n) is 1.33. The van der Waals surface area contributed by atoms with Crippen molar-refractivity contribution in [2.45, 2.75) is 6.42 Å². The molecule has 0 spiro atoms. The molecule has 3 heteroatoms. The summed E-state index contributed by atoms with van der Waals surface area (Å²) in [4.78, 5) is 10.7. The average Bonchev–Trinajstić information content (AvgIpc) is 2.06. The first-order chi connectivity index (χ1) is 5.33. The Kier molecular flexibility index (Phi) is 2.72. The van der Waals surface area contributed by atoms with E-state index in [4.69, 9.17) is 4.74 Å². The first kappa shape index (κ1) is 7.85. The van der Waals surface area contributed by atoms with Gasteiger partial charge in [0.1, 0.15) is 18.8 Å². The molecule has 0 aromatic heterocycles. The van der Waals surface area contributed by atoms with Gasteiger partial charge in [-0.3, -0.25) is 4.79 Å². The normalized spacial score (nSPS) is 15.2. The van der Waals surface area contributed by atoms with Crippen molar-refractivity contribution in [3.8, 4) is 0 Å². The highest BCUT2D eigenvalue weighted by Crippen LogP contribution is 2.08. The van der Waals surface area contributed by atoms with Crippen LogP contribution in [-0.2, 0) is 14.3 Å². The maximum atomic E-state index is 10.7. The summed E-state index contributed by atoms with van der Waals surface area (Å²) in [6.45, 7) is 0.544. The maximum Gasteiger partial charge on any atom is 0.313 e. The molecule has 0 saturated heterocycles. The van der Waals surface area contributed by atoms with E-state index < -0.39 is 0 Å². The number of allylic oxidation sites excluding steroid dienone is 2. The van der Waals surface area contributed by atoms with Gasteiger partial charge in [0.25, 0.3) is 0 Å². The predicted molar refractivity (Wildman–Crippen MR) is 39.8 cm³/mol. The van der Waals surface area contributed by atoms with Crippen molar-refractivity contribution >= 4 is 5.97 Å². The number of rotatable bonds is 2. The number of hydrogen-bond donors (Lipinski definition) is 0. The third kappa shape index (κ3) is 2.45. The van der Waals surface area contributed by atoms with Gasteiger partial charge in [0, 0.05) is 0 Å². The van der Waals surface area contributed by atoms with Gasteiger partial charge in [-0.1, -0.05) is 6.08 Å². The monoisotopic (exact) mass is 154 g/mol. The lowest BCUT2D eigenvalue weighted by molar-refractivity contribution is -0.140. The number of hydrogen-bond acceptors (Lipinski definition) is 3. The lowest BCUT2D eigenvalue weighted by Crippen LogP contribution is -2.05. The van der Waals surface area contributed by atoms with E-state index in [9.17, 15) is 4.79 Å². The SMILES string of the molecule is COC(=O)CC1=CC=CCO1. The molecule has 0 atom stereocenters. The van der Waals surface area contributed by atoms with Crippen LogP contribution in [0.2, 0.25) is 0 Å². The molecule has 3 nitrogen and oxygen atoms in total. The Hall–Kier alpha value is -1.25. The highest BCUT2D eigenvalue weighted by atomic mass is 16.5. The lowest BCUT2D eigenvalue weighted by Gasteiger charge is -2.09. The number of ether oxygens (including phenoxy) is 2. The van der Waals surface area contributed by atoms with Crippen molar-refractivity contribution in [2.24, 2.45) is 0 Å². The number of carbonyl (C=O) groups excluding carboxylic acids is 1. The second kappa shape index (κ2) is 3.81. The standard InChI is InChI=1S/C8H10O3/c1-10-8(9)6-7-4-2-3-5-11-7/h2-4H,5-6H2,1H3. The van der Waals surface area contributed by atoms with Gasteiger partial charge in [-0.15, -0.1) is 0 Å². The Morgan fingerprint density at radius 3 is 3.18 bits per heavy atom.